The molecule has 6 amide bonds. The lowest BCUT2D eigenvalue weighted by Crippen LogP contribution is -2.35. The summed E-state index contributed by atoms with van der Waals surface area (Å²) in [7, 11) is 3.38. The molecule has 0 radical (unpaired) electrons. The summed E-state index contributed by atoms with van der Waals surface area (Å²) in [5.41, 5.74) is 9.90. The first-order valence-corrected chi connectivity index (χ1v) is 29.7. The van der Waals surface area contributed by atoms with Crippen LogP contribution in [0.4, 0.5) is 5.69 Å². The molecule has 1 aliphatic heterocycles. The molecule has 0 unspecified atom stereocenters. The topological polar surface area (TPSA) is 347 Å². The van der Waals surface area contributed by atoms with E-state index in [4.69, 9.17) is 13.7 Å². The number of fused-ring (bicyclic) bond motifs is 2. The minimum Gasteiger partial charge on any atom is -0.482 e. The van der Waals surface area contributed by atoms with Crippen LogP contribution in [0.25, 0.3) is 11.1 Å². The maximum absolute atomic E-state index is 12.3. The molecule has 0 atom stereocenters. The molecule has 92 heavy (non-hydrogen) atoms. The van der Waals surface area contributed by atoms with E-state index in [0.29, 0.717) is 76.6 Å². The highest BCUT2D eigenvalue weighted by Crippen LogP contribution is 2.32. The zero-order valence-corrected chi connectivity index (χ0v) is 53.4. The molecule has 1 aliphatic rings. The molecule has 2 aromatic carbocycles. The second-order valence-electron chi connectivity index (χ2n) is 22.9. The van der Waals surface area contributed by atoms with Crippen LogP contribution in [0, 0.1) is 0 Å². The van der Waals surface area contributed by atoms with E-state index in [9.17, 15) is 38.4 Å². The summed E-state index contributed by atoms with van der Waals surface area (Å²) >= 11 is 0. The number of amides is 6. The number of carbonyl (C=O) groups is 6. The predicted octanol–water partition coefficient (Wildman–Crippen LogP) is 8.14. The van der Waals surface area contributed by atoms with E-state index in [-0.39, 0.29) is 72.8 Å². The van der Waals surface area contributed by atoms with Crippen LogP contribution in [-0.2, 0) is 38.0 Å². The van der Waals surface area contributed by atoms with Gasteiger partial charge in [0, 0.05) is 64.1 Å². The number of hydrogen-bond donors (Lipinski definition) is 6. The first kappa shape index (κ1) is 68.6. The Hall–Kier alpha value is -10.9. The highest BCUT2D eigenvalue weighted by atomic mass is 16.5. The van der Waals surface area contributed by atoms with Crippen molar-refractivity contribution in [2.75, 3.05) is 18.6 Å². The van der Waals surface area contributed by atoms with Crippen LogP contribution in [0.1, 0.15) is 190 Å². The average Bonchev–Trinajstić information content (AvgIpc) is 1.43. The standard InChI is InChI=1S/C19H21N3O3.C18H19N3O3.C17H22N4O3.C12H14N4O3/c1-12(2)14-6-7-20-15(9-14)19(24)21-10-13-4-5-16-17(8-13)25-11-18(23)22(16)3;1-11(2)13-6-7-19-14(9-13)17(22)20-10-12-4-5-15-16(8-12)24-18(23)21(15)3;1-10(2)12-5-6-18-14(7-12)16(22)19-9-13-8-15(24-21-13)17(23)20-11(3)4;1-7(2)8-3-4-13-9(5-8)11(17)14-6-10-15-12(18)19-16-10/h4-9,12H,10-11H2,1-3H3,(H,21,24);4-9,11H,10H2,1-3H3,(H,20,22);5-8,10-11H,9H2,1-4H3,(H,19,22)(H,20,23);3-5,7H,6H2,1-2H3,(H,14,17)(H,15,16,18). The molecule has 0 aliphatic carbocycles. The number of carbonyl (C=O) groups excluding carboxylic acids is 6. The highest BCUT2D eigenvalue weighted by Gasteiger charge is 2.23. The molecule has 9 aromatic rings. The average molecular weight is 1260 g/mol. The number of benzene rings is 2. The van der Waals surface area contributed by atoms with Crippen LogP contribution >= 0.6 is 0 Å². The molecule has 0 fully saturated rings. The van der Waals surface area contributed by atoms with Gasteiger partial charge in [-0.1, -0.05) is 77.8 Å². The summed E-state index contributed by atoms with van der Waals surface area (Å²) < 4.78 is 21.4. The SMILES string of the molecule is CC(C)NC(=O)c1cc(CNC(=O)c2cc(C(C)C)ccn2)no1.CC(C)c1ccnc(C(=O)NCc2ccc3c(c2)OCC(=O)N3C)c1.CC(C)c1ccnc(C(=O)NCc2ccc3c(c2)oc(=O)n3C)c1.CC(C)c1ccnc(C(=O)NCc2noc(=O)[nH]2)c1. The Bertz CT molecular complexity index is 4180. The summed E-state index contributed by atoms with van der Waals surface area (Å²) in [4.78, 5) is 115. The number of nitrogens with one attached hydrogen (secondary N) is 6. The summed E-state index contributed by atoms with van der Waals surface area (Å²) in [5.74, 6) is -0.190. The molecule has 6 N–H and O–H groups in total. The molecule has 0 spiro atoms. The van der Waals surface area contributed by atoms with Crippen molar-refractivity contribution in [2.45, 2.75) is 125 Å². The monoisotopic (exact) mass is 1260 g/mol. The summed E-state index contributed by atoms with van der Waals surface area (Å²) in [6.45, 7) is 21.1. The van der Waals surface area contributed by atoms with Crippen molar-refractivity contribution in [3.8, 4) is 5.75 Å². The van der Waals surface area contributed by atoms with Gasteiger partial charge in [0.1, 0.15) is 34.2 Å². The number of pyridine rings is 4. The van der Waals surface area contributed by atoms with E-state index in [1.165, 1.54) is 10.6 Å². The number of aryl methyl sites for hydroxylation is 1. The number of nitrogens with zero attached hydrogens (tertiary/aromatic N) is 8. The van der Waals surface area contributed by atoms with Crippen LogP contribution in [0.2, 0.25) is 0 Å². The number of H-pyrrole nitrogens is 1. The van der Waals surface area contributed by atoms with Crippen molar-refractivity contribution in [2.24, 2.45) is 7.05 Å². The van der Waals surface area contributed by atoms with Crippen molar-refractivity contribution in [3.63, 3.8) is 0 Å². The number of anilines is 1. The largest absolute Gasteiger partial charge is 0.482 e. The number of rotatable bonds is 18. The Morgan fingerprint density at radius 2 is 0.978 bits per heavy atom. The van der Waals surface area contributed by atoms with E-state index < -0.39 is 11.5 Å². The van der Waals surface area contributed by atoms with Gasteiger partial charge in [-0.2, -0.15) is 0 Å². The molecular formula is C66H76N14O12. The lowest BCUT2D eigenvalue weighted by Gasteiger charge is -2.26. The molecule has 7 aromatic heterocycles. The number of likely N-dealkylation sites (N-methyl/N-ethyl adjacent to an activating group) is 1. The van der Waals surface area contributed by atoms with Gasteiger partial charge < -0.3 is 45.2 Å². The number of aromatic amines is 1. The fourth-order valence-corrected chi connectivity index (χ4v) is 8.67. The van der Waals surface area contributed by atoms with Crippen LogP contribution in [0.5, 0.6) is 5.75 Å². The quantitative estimate of drug-likeness (QED) is 0.0472. The zero-order valence-electron chi connectivity index (χ0n) is 53.4. The molecule has 26 heteroatoms. The van der Waals surface area contributed by atoms with E-state index in [2.05, 4.69) is 108 Å². The third kappa shape index (κ3) is 19.3. The fraction of sp³-hybridized carbons (Fsp3) is 0.333. The normalized spacial score (nSPS) is 11.6. The summed E-state index contributed by atoms with van der Waals surface area (Å²) in [6, 6.07) is 27.2. The van der Waals surface area contributed by atoms with E-state index >= 15 is 0 Å². The van der Waals surface area contributed by atoms with Gasteiger partial charge in [-0.05, 0) is 144 Å². The van der Waals surface area contributed by atoms with Crippen molar-refractivity contribution in [1.82, 2.24) is 66.4 Å². The molecule has 482 valence electrons. The Morgan fingerprint density at radius 3 is 1.43 bits per heavy atom. The van der Waals surface area contributed by atoms with Crippen LogP contribution in [0.15, 0.2) is 139 Å². The number of ether oxygens (including phenoxy) is 1. The van der Waals surface area contributed by atoms with E-state index in [1.807, 2.05) is 82.3 Å². The number of aromatic nitrogens is 8. The fourth-order valence-electron chi connectivity index (χ4n) is 8.67. The third-order valence-electron chi connectivity index (χ3n) is 14.1. The molecule has 10 rings (SSSR count). The molecule has 0 saturated carbocycles. The summed E-state index contributed by atoms with van der Waals surface area (Å²) in [5, 5.41) is 21.0. The Kier molecular flexibility index (Phi) is 23.9. The summed E-state index contributed by atoms with van der Waals surface area (Å²) in [6.07, 6.45) is 6.52. The minimum absolute atomic E-state index is 0.00469. The highest BCUT2D eigenvalue weighted by molar-refractivity contribution is 5.98. The Labute approximate surface area is 530 Å². The Balaban J connectivity index is 0.000000175. The first-order chi connectivity index (χ1) is 43.8. The van der Waals surface area contributed by atoms with Crippen LogP contribution in [-0.4, -0.2) is 94.9 Å². The molecule has 0 saturated heterocycles. The lowest BCUT2D eigenvalue weighted by atomic mass is 10.0. The van der Waals surface area contributed by atoms with Gasteiger partial charge in [-0.3, -0.25) is 62.8 Å². The minimum atomic E-state index is -0.649. The molecule has 8 heterocycles. The number of hydrogen-bond acceptors (Lipinski definition) is 18. The maximum atomic E-state index is 12.3. The van der Waals surface area contributed by atoms with Gasteiger partial charge in [0.2, 0.25) is 5.76 Å². The maximum Gasteiger partial charge on any atom is 0.438 e. The van der Waals surface area contributed by atoms with Crippen molar-refractivity contribution < 1.29 is 47.0 Å². The Morgan fingerprint density at radius 1 is 0.522 bits per heavy atom. The van der Waals surface area contributed by atoms with Crippen LogP contribution < -0.4 is 47.7 Å². The van der Waals surface area contributed by atoms with Crippen molar-refractivity contribution in [1.29, 1.82) is 0 Å². The van der Waals surface area contributed by atoms with E-state index in [1.54, 1.807) is 74.1 Å². The lowest BCUT2D eigenvalue weighted by molar-refractivity contribution is -0.121. The van der Waals surface area contributed by atoms with Gasteiger partial charge in [-0.25, -0.2) is 9.59 Å². The third-order valence-corrected chi connectivity index (χ3v) is 14.1. The smallest absolute Gasteiger partial charge is 0.438 e. The predicted molar refractivity (Wildman–Crippen MR) is 341 cm³/mol. The second-order valence-corrected chi connectivity index (χ2v) is 22.9. The van der Waals surface area contributed by atoms with Crippen molar-refractivity contribution >= 4 is 52.2 Å². The van der Waals surface area contributed by atoms with E-state index in [0.717, 1.165) is 44.6 Å². The molecule has 0 bridgehead atoms. The van der Waals surface area contributed by atoms with Crippen LogP contribution in [0.3, 0.4) is 0 Å². The number of oxazole rings is 1. The van der Waals surface area contributed by atoms with Gasteiger partial charge in [0.25, 0.3) is 35.4 Å². The first-order valence-electron chi connectivity index (χ1n) is 29.7. The van der Waals surface area contributed by atoms with Gasteiger partial charge in [0.15, 0.2) is 18.0 Å². The molecule has 26 nitrogen and oxygen atoms in total. The second kappa shape index (κ2) is 32.0. The van der Waals surface area contributed by atoms with Gasteiger partial charge in [0.05, 0.1) is 24.3 Å². The van der Waals surface area contributed by atoms with Gasteiger partial charge in [-0.15, -0.1) is 0 Å². The molecular weight excluding hydrogens is 1180 g/mol. The van der Waals surface area contributed by atoms with Crippen molar-refractivity contribution in [3.05, 3.63) is 210 Å². The zero-order chi connectivity index (χ0) is 66.8. The van der Waals surface area contributed by atoms with Gasteiger partial charge >= 0.3 is 11.5 Å².